The molecular weight excluding hydrogens is 353 g/mol. The normalized spacial score (nSPS) is 14.2. The Kier molecular flexibility index (Phi) is 6.46. The van der Waals surface area contributed by atoms with Crippen LogP contribution in [-0.2, 0) is 16.8 Å². The number of halogens is 1. The molecule has 1 rings (SSSR count). The Morgan fingerprint density at radius 3 is 2.42 bits per heavy atom. The Labute approximate surface area is 129 Å². The van der Waals surface area contributed by atoms with Gasteiger partial charge >= 0.3 is 0 Å². The van der Waals surface area contributed by atoms with Gasteiger partial charge in [-0.1, -0.05) is 20.3 Å². The highest BCUT2D eigenvalue weighted by Crippen LogP contribution is 2.29. The highest BCUT2D eigenvalue weighted by molar-refractivity contribution is 14.1. The molecule has 0 saturated heterocycles. The molecule has 19 heavy (non-hydrogen) atoms. The van der Waals surface area contributed by atoms with E-state index in [1.807, 2.05) is 6.92 Å². The van der Waals surface area contributed by atoms with Crippen molar-refractivity contribution in [1.82, 2.24) is 9.97 Å². The maximum Gasteiger partial charge on any atom is 0.162 e. The molecular formula is C14H24IN3O. The Morgan fingerprint density at radius 1 is 1.26 bits per heavy atom. The van der Waals surface area contributed by atoms with Gasteiger partial charge in [-0.15, -0.1) is 0 Å². The lowest BCUT2D eigenvalue weighted by molar-refractivity contribution is -0.00907. The highest BCUT2D eigenvalue weighted by atomic mass is 127. The first-order valence-corrected chi connectivity index (χ1v) is 7.96. The average molecular weight is 377 g/mol. The van der Waals surface area contributed by atoms with Crippen molar-refractivity contribution in [1.29, 1.82) is 0 Å². The van der Waals surface area contributed by atoms with E-state index in [2.05, 4.69) is 53.7 Å². The summed E-state index contributed by atoms with van der Waals surface area (Å²) in [7, 11) is 1.72. The van der Waals surface area contributed by atoms with Crippen LogP contribution in [0.5, 0.6) is 0 Å². The van der Waals surface area contributed by atoms with Crippen LogP contribution < -0.4 is 5.32 Å². The van der Waals surface area contributed by atoms with Crippen molar-refractivity contribution in [2.75, 3.05) is 19.0 Å². The van der Waals surface area contributed by atoms with Crippen LogP contribution in [0.3, 0.4) is 0 Å². The van der Waals surface area contributed by atoms with Crippen molar-refractivity contribution in [3.8, 4) is 0 Å². The van der Waals surface area contributed by atoms with E-state index >= 15 is 0 Å². The van der Waals surface area contributed by atoms with Crippen molar-refractivity contribution in [3.05, 3.63) is 15.1 Å². The molecule has 0 bridgehead atoms. The number of ether oxygens (including phenoxy) is 1. The van der Waals surface area contributed by atoms with Crippen molar-refractivity contribution in [2.45, 2.75) is 52.6 Å². The Balaban J connectivity index is 3.32. The lowest BCUT2D eigenvalue weighted by Crippen LogP contribution is -2.28. The summed E-state index contributed by atoms with van der Waals surface area (Å²) < 4.78 is 6.75. The summed E-state index contributed by atoms with van der Waals surface area (Å²) >= 11 is 2.33. The molecule has 1 unspecified atom stereocenters. The van der Waals surface area contributed by atoms with Gasteiger partial charge in [0.25, 0.3) is 0 Å². The third-order valence-corrected chi connectivity index (χ3v) is 4.48. The zero-order valence-corrected chi connectivity index (χ0v) is 14.7. The molecule has 4 nitrogen and oxygen atoms in total. The molecule has 0 amide bonds. The summed E-state index contributed by atoms with van der Waals surface area (Å²) in [6.07, 6.45) is 2.89. The van der Waals surface area contributed by atoms with E-state index in [4.69, 9.17) is 9.72 Å². The summed E-state index contributed by atoms with van der Waals surface area (Å²) in [6.45, 7) is 9.23. The van der Waals surface area contributed by atoms with Crippen LogP contribution in [0.15, 0.2) is 0 Å². The van der Waals surface area contributed by atoms with Crippen molar-refractivity contribution < 1.29 is 4.74 Å². The first kappa shape index (κ1) is 16.6. The van der Waals surface area contributed by atoms with Gasteiger partial charge in [0.05, 0.1) is 9.26 Å². The zero-order chi connectivity index (χ0) is 14.5. The van der Waals surface area contributed by atoms with Crippen LogP contribution in [-0.4, -0.2) is 23.6 Å². The van der Waals surface area contributed by atoms with Gasteiger partial charge < -0.3 is 10.1 Å². The minimum atomic E-state index is -0.420. The first-order chi connectivity index (χ1) is 9.02. The van der Waals surface area contributed by atoms with Crippen LogP contribution in [0.2, 0.25) is 0 Å². The fraction of sp³-hybridized carbons (Fsp3) is 0.714. The van der Waals surface area contributed by atoms with E-state index < -0.39 is 5.60 Å². The van der Waals surface area contributed by atoms with Gasteiger partial charge in [0.1, 0.15) is 11.4 Å². The molecule has 0 fully saturated rings. The van der Waals surface area contributed by atoms with Crippen molar-refractivity contribution in [3.63, 3.8) is 0 Å². The molecule has 1 heterocycles. The molecule has 0 saturated carbocycles. The number of nitrogens with one attached hydrogen (secondary N) is 1. The lowest BCUT2D eigenvalue weighted by atomic mass is 10.0. The van der Waals surface area contributed by atoms with Gasteiger partial charge in [-0.2, -0.15) is 0 Å². The summed E-state index contributed by atoms with van der Waals surface area (Å²) in [5.41, 5.74) is 0.692. The summed E-state index contributed by atoms with van der Waals surface area (Å²) in [4.78, 5) is 9.40. The Morgan fingerprint density at radius 2 is 1.95 bits per heavy atom. The van der Waals surface area contributed by atoms with Crippen LogP contribution in [0.4, 0.5) is 5.82 Å². The predicted molar refractivity (Wildman–Crippen MR) is 87.6 cm³/mol. The minimum absolute atomic E-state index is 0.420. The second-order valence-electron chi connectivity index (χ2n) is 4.73. The van der Waals surface area contributed by atoms with Gasteiger partial charge in [0.15, 0.2) is 5.82 Å². The summed E-state index contributed by atoms with van der Waals surface area (Å²) in [6, 6.07) is 0. The topological polar surface area (TPSA) is 47.0 Å². The van der Waals surface area contributed by atoms with Crippen LogP contribution in [0, 0.1) is 3.57 Å². The largest absolute Gasteiger partial charge is 0.371 e. The summed E-state index contributed by atoms with van der Waals surface area (Å²) in [5, 5.41) is 3.32. The number of nitrogens with zero attached hydrogens (tertiary/aromatic N) is 2. The summed E-state index contributed by atoms with van der Waals surface area (Å²) in [5.74, 6) is 1.70. The van der Waals surface area contributed by atoms with Crippen LogP contribution in [0.1, 0.15) is 52.1 Å². The smallest absolute Gasteiger partial charge is 0.162 e. The monoisotopic (exact) mass is 377 g/mol. The quantitative estimate of drug-likeness (QED) is 0.736. The second kappa shape index (κ2) is 7.38. The average Bonchev–Trinajstić information content (AvgIpc) is 2.42. The van der Waals surface area contributed by atoms with Crippen molar-refractivity contribution >= 4 is 28.4 Å². The molecule has 108 valence electrons. The molecule has 1 aromatic heterocycles. The number of aryl methyl sites for hydroxylation is 1. The predicted octanol–water partition coefficient (Wildman–Crippen LogP) is 3.74. The molecule has 0 aliphatic rings. The number of rotatable bonds is 7. The van der Waals surface area contributed by atoms with E-state index in [9.17, 15) is 0 Å². The van der Waals surface area contributed by atoms with Crippen molar-refractivity contribution in [2.24, 2.45) is 0 Å². The third-order valence-electron chi connectivity index (χ3n) is 3.35. The van der Waals surface area contributed by atoms with Crippen LogP contribution in [0.25, 0.3) is 0 Å². The van der Waals surface area contributed by atoms with E-state index in [-0.39, 0.29) is 0 Å². The molecule has 1 atom stereocenters. The molecule has 1 N–H and O–H groups in total. The fourth-order valence-electron chi connectivity index (χ4n) is 1.81. The molecule has 5 heteroatoms. The molecule has 0 radical (unpaired) electrons. The zero-order valence-electron chi connectivity index (χ0n) is 12.5. The van der Waals surface area contributed by atoms with E-state index in [1.165, 1.54) is 0 Å². The molecule has 0 aliphatic carbocycles. The second-order valence-corrected chi connectivity index (χ2v) is 5.80. The van der Waals surface area contributed by atoms with Gasteiger partial charge in [0, 0.05) is 13.7 Å². The number of hydrogen-bond donors (Lipinski definition) is 1. The van der Waals surface area contributed by atoms with E-state index in [0.29, 0.717) is 0 Å². The first-order valence-electron chi connectivity index (χ1n) is 6.88. The van der Waals surface area contributed by atoms with Gasteiger partial charge in [-0.3, -0.25) is 0 Å². The number of anilines is 1. The maximum absolute atomic E-state index is 5.62. The molecule has 1 aromatic rings. The third kappa shape index (κ3) is 3.78. The van der Waals surface area contributed by atoms with Crippen LogP contribution >= 0.6 is 22.6 Å². The Bertz CT molecular complexity index is 392. The van der Waals surface area contributed by atoms with Gasteiger partial charge in [-0.05, 0) is 49.3 Å². The maximum atomic E-state index is 5.62. The van der Waals surface area contributed by atoms with E-state index in [1.54, 1.807) is 7.11 Å². The number of aromatic nitrogens is 2. The van der Waals surface area contributed by atoms with Gasteiger partial charge in [-0.25, -0.2) is 9.97 Å². The lowest BCUT2D eigenvalue weighted by Gasteiger charge is -2.26. The fourth-order valence-corrected chi connectivity index (χ4v) is 2.51. The standard InChI is InChI=1S/C14H24IN3O/c1-6-9-10-11(15)12(16-8-3)18-13(17-10)14(4,7-2)19-5/h6-9H2,1-5H3,(H,16,17,18). The molecule has 0 aromatic carbocycles. The molecule has 0 spiro atoms. The Hall–Kier alpha value is -0.430. The SMILES string of the molecule is CCCc1nc(C(C)(CC)OC)nc(NCC)c1I. The molecule has 0 aliphatic heterocycles. The number of hydrogen-bond acceptors (Lipinski definition) is 4. The van der Waals surface area contributed by atoms with Gasteiger partial charge in [0.2, 0.25) is 0 Å². The number of methoxy groups -OCH3 is 1. The van der Waals surface area contributed by atoms with E-state index in [0.717, 1.165) is 46.7 Å². The minimum Gasteiger partial charge on any atom is -0.371 e. The highest BCUT2D eigenvalue weighted by Gasteiger charge is 2.29.